The number of hydrogen-bond donors (Lipinski definition) is 3. The predicted octanol–water partition coefficient (Wildman–Crippen LogP) is 3.86. The van der Waals surface area contributed by atoms with Gasteiger partial charge in [0.05, 0.1) is 13.4 Å². The molecule has 0 radical (unpaired) electrons. The fraction of sp³-hybridized carbons (Fsp3) is 0.227. The average Bonchev–Trinajstić information content (AvgIpc) is 3.12. The van der Waals surface area contributed by atoms with E-state index >= 15 is 0 Å². The van der Waals surface area contributed by atoms with Crippen LogP contribution in [0.4, 0.5) is 0 Å². The molecule has 0 aromatic heterocycles. The molecule has 5 heteroatoms. The van der Waals surface area contributed by atoms with Crippen LogP contribution in [0.1, 0.15) is 13.3 Å². The number of methoxy groups -OCH3 is 1. The molecule has 4 N–H and O–H groups in total. The minimum atomic E-state index is 0.842. The molecule has 0 amide bonds. The van der Waals surface area contributed by atoms with Crippen LogP contribution in [0.25, 0.3) is 0 Å². The van der Waals surface area contributed by atoms with Gasteiger partial charge in [-0.3, -0.25) is 4.99 Å². The molecule has 0 bridgehead atoms. The first-order valence-electron chi connectivity index (χ1n) is 8.64. The third-order valence-corrected chi connectivity index (χ3v) is 3.43. The molecule has 0 saturated carbocycles. The molecule has 1 heterocycles. The Kier molecular flexibility index (Phi) is 14.3. The van der Waals surface area contributed by atoms with Crippen molar-refractivity contribution in [2.75, 3.05) is 20.7 Å². The lowest BCUT2D eigenvalue weighted by Gasteiger charge is -2.04. The van der Waals surface area contributed by atoms with Gasteiger partial charge in [0, 0.05) is 38.1 Å². The molecule has 0 atom stereocenters. The molecule has 0 fully saturated rings. The second-order valence-corrected chi connectivity index (χ2v) is 5.33. The van der Waals surface area contributed by atoms with E-state index in [4.69, 9.17) is 10.5 Å². The molecule has 5 nitrogen and oxygen atoms in total. The summed E-state index contributed by atoms with van der Waals surface area (Å²) in [6, 6.07) is 0. The molecule has 1 aliphatic rings. The summed E-state index contributed by atoms with van der Waals surface area (Å²) < 4.78 is 4.72. The topological polar surface area (TPSA) is 71.7 Å². The number of aliphatic imine (C=N–C) groups is 1. The molecule has 0 aliphatic carbocycles. The van der Waals surface area contributed by atoms with Crippen LogP contribution < -0.4 is 16.4 Å². The number of hydrogen-bond acceptors (Lipinski definition) is 5. The Hall–Kier alpha value is -3.21. The molecule has 0 saturated heterocycles. The van der Waals surface area contributed by atoms with Crippen LogP contribution in [0.5, 0.6) is 0 Å². The number of nitrogens with zero attached hydrogens (tertiary/aromatic N) is 1. The molecule has 0 aromatic rings. The molecule has 1 rings (SSSR count). The van der Waals surface area contributed by atoms with E-state index in [9.17, 15) is 0 Å². The van der Waals surface area contributed by atoms with Crippen LogP contribution >= 0.6 is 0 Å². The second kappa shape index (κ2) is 16.3. The summed E-state index contributed by atoms with van der Waals surface area (Å²) in [5.41, 5.74) is 10.2. The standard InChI is InChI=1S/C14H19N3.C8H13NO/c1-3-5-12(9-15)8-14-11-17-10-13(14)6-4-7-16-2;1-4-5-8(9-2)6-7-10-3/h3-7,9,11,17H,2,8,10,15H2,1H3;4-7,9H,1H2,2-3H3/b5-3-,7-4-,12-9+,13-6+;7-6-,8-5+. The molecule has 27 heavy (non-hydrogen) atoms. The van der Waals surface area contributed by atoms with Crippen molar-refractivity contribution >= 4 is 6.72 Å². The van der Waals surface area contributed by atoms with Crippen molar-refractivity contribution in [2.45, 2.75) is 13.3 Å². The Morgan fingerprint density at radius 3 is 2.78 bits per heavy atom. The molecule has 1 aliphatic heterocycles. The first-order valence-corrected chi connectivity index (χ1v) is 8.64. The fourth-order valence-electron chi connectivity index (χ4n) is 2.14. The fourth-order valence-corrected chi connectivity index (χ4v) is 2.14. The molecular formula is C22H32N4O. The summed E-state index contributed by atoms with van der Waals surface area (Å²) in [5, 5.41) is 6.18. The lowest BCUT2D eigenvalue weighted by Crippen LogP contribution is -2.02. The first kappa shape index (κ1) is 23.8. The number of allylic oxidation sites excluding steroid dienone is 8. The van der Waals surface area contributed by atoms with Crippen LogP contribution in [0, 0.1) is 0 Å². The molecule has 0 spiro atoms. The van der Waals surface area contributed by atoms with Crippen molar-refractivity contribution in [3.8, 4) is 0 Å². The number of nitrogens with two attached hydrogens (primary N) is 1. The lowest BCUT2D eigenvalue weighted by molar-refractivity contribution is 0.337. The predicted molar refractivity (Wildman–Crippen MR) is 118 cm³/mol. The Balaban J connectivity index is 0.000000580. The summed E-state index contributed by atoms with van der Waals surface area (Å²) in [5.74, 6) is 0. The van der Waals surface area contributed by atoms with E-state index in [1.54, 1.807) is 31.8 Å². The van der Waals surface area contributed by atoms with Gasteiger partial charge in [-0.1, -0.05) is 30.9 Å². The summed E-state index contributed by atoms with van der Waals surface area (Å²) in [6.45, 7) is 9.80. The Morgan fingerprint density at radius 1 is 1.44 bits per heavy atom. The molecular weight excluding hydrogens is 336 g/mol. The molecule has 146 valence electrons. The van der Waals surface area contributed by atoms with E-state index < -0.39 is 0 Å². The largest absolute Gasteiger partial charge is 0.504 e. The Bertz CT molecular complexity index is 662. The number of nitrogens with one attached hydrogen (secondary N) is 2. The van der Waals surface area contributed by atoms with Gasteiger partial charge in [-0.15, -0.1) is 0 Å². The van der Waals surface area contributed by atoms with Gasteiger partial charge in [0.15, 0.2) is 0 Å². The molecule has 0 aromatic carbocycles. The zero-order valence-corrected chi connectivity index (χ0v) is 16.6. The summed E-state index contributed by atoms with van der Waals surface area (Å²) >= 11 is 0. The zero-order chi connectivity index (χ0) is 20.3. The van der Waals surface area contributed by atoms with Crippen LogP contribution in [-0.4, -0.2) is 27.4 Å². The van der Waals surface area contributed by atoms with E-state index in [0.29, 0.717) is 0 Å². The maximum Gasteiger partial charge on any atom is 0.0845 e. The van der Waals surface area contributed by atoms with Crippen LogP contribution in [0.15, 0.2) is 101 Å². The van der Waals surface area contributed by atoms with Crippen molar-refractivity contribution < 1.29 is 4.74 Å². The van der Waals surface area contributed by atoms with Gasteiger partial charge in [-0.25, -0.2) is 0 Å². The highest BCUT2D eigenvalue weighted by Crippen LogP contribution is 2.22. The van der Waals surface area contributed by atoms with Gasteiger partial charge in [-0.2, -0.15) is 0 Å². The van der Waals surface area contributed by atoms with Crippen molar-refractivity contribution in [3.63, 3.8) is 0 Å². The summed E-state index contributed by atoms with van der Waals surface area (Å²) in [7, 11) is 3.45. The number of likely N-dealkylation sites (N-methyl/N-ethyl adjacent to an activating group) is 1. The van der Waals surface area contributed by atoms with Gasteiger partial charge in [0.1, 0.15) is 0 Å². The van der Waals surface area contributed by atoms with Gasteiger partial charge in [0.2, 0.25) is 0 Å². The third kappa shape index (κ3) is 11.1. The van der Waals surface area contributed by atoms with Gasteiger partial charge in [0.25, 0.3) is 0 Å². The first-order chi connectivity index (χ1) is 13.2. The van der Waals surface area contributed by atoms with E-state index in [-0.39, 0.29) is 0 Å². The third-order valence-electron chi connectivity index (χ3n) is 3.43. The monoisotopic (exact) mass is 368 g/mol. The maximum atomic E-state index is 5.59. The minimum absolute atomic E-state index is 0.842. The van der Waals surface area contributed by atoms with Gasteiger partial charge < -0.3 is 21.1 Å². The number of ether oxygens (including phenoxy) is 1. The van der Waals surface area contributed by atoms with Crippen molar-refractivity contribution in [2.24, 2.45) is 10.7 Å². The number of rotatable bonds is 9. The average molecular weight is 369 g/mol. The van der Waals surface area contributed by atoms with Crippen LogP contribution in [0.2, 0.25) is 0 Å². The summed E-state index contributed by atoms with van der Waals surface area (Å²) in [4.78, 5) is 3.67. The van der Waals surface area contributed by atoms with Crippen molar-refractivity contribution in [1.82, 2.24) is 10.6 Å². The highest BCUT2D eigenvalue weighted by atomic mass is 16.5. The van der Waals surface area contributed by atoms with E-state index in [1.165, 1.54) is 11.1 Å². The minimum Gasteiger partial charge on any atom is -0.504 e. The maximum absolute atomic E-state index is 5.59. The van der Waals surface area contributed by atoms with E-state index in [2.05, 4.69) is 28.9 Å². The van der Waals surface area contributed by atoms with E-state index in [1.807, 2.05) is 56.6 Å². The highest BCUT2D eigenvalue weighted by Gasteiger charge is 2.10. The zero-order valence-electron chi connectivity index (χ0n) is 16.6. The van der Waals surface area contributed by atoms with Crippen molar-refractivity contribution in [1.29, 1.82) is 0 Å². The Morgan fingerprint density at radius 2 is 2.22 bits per heavy atom. The normalized spacial score (nSPS) is 16.3. The van der Waals surface area contributed by atoms with Gasteiger partial charge >= 0.3 is 0 Å². The quantitative estimate of drug-likeness (QED) is 0.328. The van der Waals surface area contributed by atoms with Crippen molar-refractivity contribution in [3.05, 3.63) is 96.4 Å². The van der Waals surface area contributed by atoms with E-state index in [0.717, 1.165) is 24.2 Å². The van der Waals surface area contributed by atoms with Crippen LogP contribution in [-0.2, 0) is 4.74 Å². The van der Waals surface area contributed by atoms with Crippen LogP contribution in [0.3, 0.4) is 0 Å². The second-order valence-electron chi connectivity index (χ2n) is 5.33. The highest BCUT2D eigenvalue weighted by molar-refractivity contribution is 5.43. The lowest BCUT2D eigenvalue weighted by atomic mass is 10.0. The SMILES string of the molecule is C=C/C=C(\C=C/OC)NC.C=N/C=C\C=C1/CNC=C1CC(/C=C\C)=C/N. The smallest absolute Gasteiger partial charge is 0.0845 e. The Labute approximate surface area is 163 Å². The van der Waals surface area contributed by atoms with Gasteiger partial charge in [-0.05, 0) is 54.8 Å². The summed E-state index contributed by atoms with van der Waals surface area (Å²) in [6.07, 6.45) is 21.2. The molecule has 0 unspecified atom stereocenters.